The summed E-state index contributed by atoms with van der Waals surface area (Å²) in [5.74, 6) is 0.195. The summed E-state index contributed by atoms with van der Waals surface area (Å²) in [7, 11) is 0. The highest BCUT2D eigenvalue weighted by Crippen LogP contribution is 2.30. The molecule has 0 amide bonds. The number of aliphatic hydroxyl groups excluding tert-OH is 1. The van der Waals surface area contributed by atoms with E-state index in [2.05, 4.69) is 0 Å². The minimum absolute atomic E-state index is 0.153. The molecule has 2 rings (SSSR count). The van der Waals surface area contributed by atoms with E-state index in [0.29, 0.717) is 11.3 Å². The van der Waals surface area contributed by atoms with Crippen LogP contribution in [0.15, 0.2) is 48.5 Å². The van der Waals surface area contributed by atoms with E-state index >= 15 is 0 Å². The molecule has 0 aliphatic rings. The smallest absolute Gasteiger partial charge is 0.165 e. The van der Waals surface area contributed by atoms with Crippen molar-refractivity contribution in [2.45, 2.75) is 13.0 Å². The van der Waals surface area contributed by atoms with Crippen molar-refractivity contribution >= 4 is 0 Å². The van der Waals surface area contributed by atoms with Crippen LogP contribution in [0.4, 0.5) is 4.39 Å². The standard InChI is InChI=1S/C14H13FO2/c1-10(16)11-6-2-4-8-13(11)17-14-9-5-3-7-12(14)15/h2-10,16H,1H3/t10-/m1/s1. The molecule has 1 atom stereocenters. The van der Waals surface area contributed by atoms with E-state index in [0.717, 1.165) is 0 Å². The molecule has 0 saturated heterocycles. The number of halogens is 1. The lowest BCUT2D eigenvalue weighted by Crippen LogP contribution is -1.96. The van der Waals surface area contributed by atoms with Crippen molar-refractivity contribution in [3.8, 4) is 11.5 Å². The Labute approximate surface area is 99.3 Å². The molecule has 2 aromatic rings. The lowest BCUT2D eigenvalue weighted by atomic mass is 10.1. The molecule has 0 aromatic heterocycles. The van der Waals surface area contributed by atoms with Crippen molar-refractivity contribution in [1.82, 2.24) is 0 Å². The zero-order valence-corrected chi connectivity index (χ0v) is 9.43. The summed E-state index contributed by atoms with van der Waals surface area (Å²) >= 11 is 0. The predicted molar refractivity (Wildman–Crippen MR) is 63.5 cm³/mol. The largest absolute Gasteiger partial charge is 0.454 e. The molecule has 2 aromatic carbocycles. The van der Waals surface area contributed by atoms with Crippen LogP contribution in [0, 0.1) is 5.82 Å². The second-order valence-electron chi connectivity index (χ2n) is 3.75. The van der Waals surface area contributed by atoms with Gasteiger partial charge in [-0.2, -0.15) is 0 Å². The van der Waals surface area contributed by atoms with Gasteiger partial charge in [0.2, 0.25) is 0 Å². The third-order valence-corrected chi connectivity index (χ3v) is 2.43. The molecule has 0 fully saturated rings. The zero-order chi connectivity index (χ0) is 12.3. The minimum Gasteiger partial charge on any atom is -0.454 e. The first-order chi connectivity index (χ1) is 8.18. The molecule has 0 saturated carbocycles. The molecular weight excluding hydrogens is 219 g/mol. The Morgan fingerprint density at radius 1 is 1.00 bits per heavy atom. The molecule has 17 heavy (non-hydrogen) atoms. The van der Waals surface area contributed by atoms with Crippen molar-refractivity contribution in [1.29, 1.82) is 0 Å². The lowest BCUT2D eigenvalue weighted by Gasteiger charge is -2.13. The van der Waals surface area contributed by atoms with Crippen LogP contribution in [0.5, 0.6) is 11.5 Å². The number of rotatable bonds is 3. The van der Waals surface area contributed by atoms with E-state index < -0.39 is 11.9 Å². The van der Waals surface area contributed by atoms with Gasteiger partial charge >= 0.3 is 0 Å². The molecular formula is C14H13FO2. The minimum atomic E-state index is -0.655. The maximum Gasteiger partial charge on any atom is 0.165 e. The van der Waals surface area contributed by atoms with Gasteiger partial charge in [0.05, 0.1) is 6.10 Å². The van der Waals surface area contributed by atoms with Gasteiger partial charge in [0.25, 0.3) is 0 Å². The van der Waals surface area contributed by atoms with Crippen LogP contribution in [-0.4, -0.2) is 5.11 Å². The zero-order valence-electron chi connectivity index (χ0n) is 9.43. The Hall–Kier alpha value is -1.87. The summed E-state index contributed by atoms with van der Waals surface area (Å²) in [5, 5.41) is 9.58. The van der Waals surface area contributed by atoms with Gasteiger partial charge in [0.15, 0.2) is 11.6 Å². The molecule has 2 nitrogen and oxygen atoms in total. The molecule has 0 aliphatic heterocycles. The summed E-state index contributed by atoms with van der Waals surface area (Å²) in [6.07, 6.45) is -0.655. The predicted octanol–water partition coefficient (Wildman–Crippen LogP) is 3.67. The Kier molecular flexibility index (Phi) is 3.40. The van der Waals surface area contributed by atoms with E-state index in [-0.39, 0.29) is 5.75 Å². The molecule has 0 bridgehead atoms. The fraction of sp³-hybridized carbons (Fsp3) is 0.143. The third kappa shape index (κ3) is 2.63. The van der Waals surface area contributed by atoms with E-state index in [1.165, 1.54) is 6.07 Å². The van der Waals surface area contributed by atoms with E-state index in [1.54, 1.807) is 49.4 Å². The summed E-state index contributed by atoms with van der Waals surface area (Å²) in [6, 6.07) is 13.2. The number of ether oxygens (including phenoxy) is 1. The molecule has 0 aliphatic carbocycles. The van der Waals surface area contributed by atoms with Gasteiger partial charge in [-0.15, -0.1) is 0 Å². The van der Waals surface area contributed by atoms with Crippen LogP contribution in [0.1, 0.15) is 18.6 Å². The monoisotopic (exact) mass is 232 g/mol. The molecule has 0 unspecified atom stereocenters. The van der Waals surface area contributed by atoms with Gasteiger partial charge in [-0.3, -0.25) is 0 Å². The number of aliphatic hydroxyl groups is 1. The van der Waals surface area contributed by atoms with E-state index in [9.17, 15) is 9.50 Å². The Morgan fingerprint density at radius 2 is 1.59 bits per heavy atom. The van der Waals surface area contributed by atoms with E-state index in [1.807, 2.05) is 0 Å². The number of benzene rings is 2. The fourth-order valence-corrected chi connectivity index (χ4v) is 1.56. The molecule has 1 N–H and O–H groups in total. The van der Waals surface area contributed by atoms with Crippen LogP contribution in [0.2, 0.25) is 0 Å². The summed E-state index contributed by atoms with van der Waals surface area (Å²) in [6.45, 7) is 1.64. The molecule has 88 valence electrons. The van der Waals surface area contributed by atoms with Crippen molar-refractivity contribution in [2.75, 3.05) is 0 Å². The quantitative estimate of drug-likeness (QED) is 0.874. The first kappa shape index (κ1) is 11.6. The first-order valence-electron chi connectivity index (χ1n) is 5.38. The second-order valence-corrected chi connectivity index (χ2v) is 3.75. The summed E-state index contributed by atoms with van der Waals surface area (Å²) in [5.41, 5.74) is 0.635. The van der Waals surface area contributed by atoms with Crippen molar-refractivity contribution in [2.24, 2.45) is 0 Å². The van der Waals surface area contributed by atoms with Gasteiger partial charge in [0, 0.05) is 5.56 Å². The van der Waals surface area contributed by atoms with Crippen LogP contribution < -0.4 is 4.74 Å². The van der Waals surface area contributed by atoms with Crippen molar-refractivity contribution < 1.29 is 14.2 Å². The average Bonchev–Trinajstić information content (AvgIpc) is 2.32. The van der Waals surface area contributed by atoms with Gasteiger partial charge in [-0.05, 0) is 25.1 Å². The van der Waals surface area contributed by atoms with Crippen molar-refractivity contribution in [3.63, 3.8) is 0 Å². The number of hydrogen-bond acceptors (Lipinski definition) is 2. The summed E-state index contributed by atoms with van der Waals surface area (Å²) in [4.78, 5) is 0. The Balaban J connectivity index is 2.34. The molecule has 0 spiro atoms. The molecule has 0 heterocycles. The second kappa shape index (κ2) is 4.97. The van der Waals surface area contributed by atoms with Gasteiger partial charge < -0.3 is 9.84 Å². The molecule has 3 heteroatoms. The highest BCUT2D eigenvalue weighted by molar-refractivity contribution is 5.39. The Morgan fingerprint density at radius 3 is 2.24 bits per heavy atom. The lowest BCUT2D eigenvalue weighted by molar-refractivity contribution is 0.195. The van der Waals surface area contributed by atoms with Crippen LogP contribution in [0.3, 0.4) is 0 Å². The van der Waals surface area contributed by atoms with Gasteiger partial charge in [0.1, 0.15) is 5.75 Å². The fourth-order valence-electron chi connectivity index (χ4n) is 1.56. The maximum atomic E-state index is 13.4. The number of para-hydroxylation sites is 2. The van der Waals surface area contributed by atoms with Crippen molar-refractivity contribution in [3.05, 3.63) is 59.9 Å². The number of hydrogen-bond donors (Lipinski definition) is 1. The van der Waals surface area contributed by atoms with Crippen LogP contribution >= 0.6 is 0 Å². The molecule has 0 radical (unpaired) electrons. The highest BCUT2D eigenvalue weighted by Gasteiger charge is 2.10. The maximum absolute atomic E-state index is 13.4. The third-order valence-electron chi connectivity index (χ3n) is 2.43. The Bertz CT molecular complexity index is 509. The van der Waals surface area contributed by atoms with Gasteiger partial charge in [-0.1, -0.05) is 30.3 Å². The summed E-state index contributed by atoms with van der Waals surface area (Å²) < 4.78 is 18.9. The van der Waals surface area contributed by atoms with Crippen LogP contribution in [-0.2, 0) is 0 Å². The SMILES string of the molecule is C[C@@H](O)c1ccccc1Oc1ccccc1F. The topological polar surface area (TPSA) is 29.5 Å². The normalized spacial score (nSPS) is 12.2. The first-order valence-corrected chi connectivity index (χ1v) is 5.38. The van der Waals surface area contributed by atoms with Gasteiger partial charge in [-0.25, -0.2) is 4.39 Å². The highest BCUT2D eigenvalue weighted by atomic mass is 19.1. The van der Waals surface area contributed by atoms with E-state index in [4.69, 9.17) is 4.74 Å². The average molecular weight is 232 g/mol. The van der Waals surface area contributed by atoms with Crippen LogP contribution in [0.25, 0.3) is 0 Å².